The average molecular weight is 237 g/mol. The summed E-state index contributed by atoms with van der Waals surface area (Å²) in [5.74, 6) is -0.221. The van der Waals surface area contributed by atoms with Gasteiger partial charge < -0.3 is 10.6 Å². The lowest BCUT2D eigenvalue weighted by Crippen LogP contribution is -2.32. The molecule has 2 amide bonds. The van der Waals surface area contributed by atoms with Gasteiger partial charge in [0, 0.05) is 18.9 Å². The second kappa shape index (κ2) is 10.6. The molecule has 0 spiro atoms. The molecule has 0 aliphatic heterocycles. The predicted molar refractivity (Wildman–Crippen MR) is 66.1 cm³/mol. The van der Waals surface area contributed by atoms with Gasteiger partial charge in [0.2, 0.25) is 12.3 Å². The van der Waals surface area contributed by atoms with Crippen LogP contribution in [0, 0.1) is 0 Å². The smallest absolute Gasteiger partial charge is 0.239 e. The normalized spacial score (nSPS) is 8.59. The van der Waals surface area contributed by atoms with E-state index < -0.39 is 0 Å². The minimum Gasteiger partial charge on any atom is -0.350 e. The van der Waals surface area contributed by atoms with Gasteiger partial charge in [-0.2, -0.15) is 0 Å². The van der Waals surface area contributed by atoms with Crippen LogP contribution in [0.4, 0.5) is 0 Å². The minimum absolute atomic E-state index is 0.00373. The summed E-state index contributed by atoms with van der Waals surface area (Å²) < 4.78 is 0. The summed E-state index contributed by atoms with van der Waals surface area (Å²) in [6.07, 6.45) is 5.08. The molecule has 0 unspecified atom stereocenters. The van der Waals surface area contributed by atoms with E-state index in [1.807, 2.05) is 6.07 Å². The van der Waals surface area contributed by atoms with Gasteiger partial charge in [0.1, 0.15) is 0 Å². The van der Waals surface area contributed by atoms with Gasteiger partial charge in [0.15, 0.2) is 0 Å². The van der Waals surface area contributed by atoms with Crippen LogP contribution >= 0.6 is 0 Å². The van der Waals surface area contributed by atoms with Gasteiger partial charge in [0.05, 0.1) is 6.54 Å². The molecular weight excluding hydrogens is 218 g/mol. The molecule has 5 heteroatoms. The Labute approximate surface area is 102 Å². The number of aromatic nitrogens is 1. The van der Waals surface area contributed by atoms with Gasteiger partial charge in [-0.3, -0.25) is 14.6 Å². The first-order valence-corrected chi connectivity index (χ1v) is 5.57. The zero-order chi connectivity index (χ0) is 12.9. The summed E-state index contributed by atoms with van der Waals surface area (Å²) >= 11 is 0. The third kappa shape index (κ3) is 9.04. The van der Waals surface area contributed by atoms with E-state index in [-0.39, 0.29) is 12.5 Å². The molecule has 94 valence electrons. The first-order valence-electron chi connectivity index (χ1n) is 5.57. The number of hydrogen-bond acceptors (Lipinski definition) is 3. The van der Waals surface area contributed by atoms with Crippen LogP contribution in [0.1, 0.15) is 25.8 Å². The standard InChI is InChI=1S/C9H11N3O2.C3H8/c13-7-11-6-9(14)12-5-8-2-1-3-10-4-8;1-3-2/h1-4,7H,5-6H2,(H,11,13)(H,12,14);3H2,1-2H3. The van der Waals surface area contributed by atoms with Crippen molar-refractivity contribution in [2.75, 3.05) is 6.54 Å². The molecule has 1 rings (SSSR count). The summed E-state index contributed by atoms with van der Waals surface area (Å²) in [4.78, 5) is 24.8. The fourth-order valence-electron chi connectivity index (χ4n) is 0.900. The van der Waals surface area contributed by atoms with Crippen molar-refractivity contribution >= 4 is 12.3 Å². The summed E-state index contributed by atoms with van der Waals surface area (Å²) in [5, 5.41) is 4.91. The molecule has 2 N–H and O–H groups in total. The Bertz CT molecular complexity index is 315. The molecule has 0 aromatic carbocycles. The number of pyridine rings is 1. The number of carbonyl (C=O) groups is 2. The third-order valence-electron chi connectivity index (χ3n) is 1.56. The van der Waals surface area contributed by atoms with Crippen LogP contribution in [-0.4, -0.2) is 23.8 Å². The summed E-state index contributed by atoms with van der Waals surface area (Å²) in [7, 11) is 0. The first kappa shape index (κ1) is 15.1. The van der Waals surface area contributed by atoms with E-state index in [0.29, 0.717) is 13.0 Å². The molecule has 1 aromatic heterocycles. The fourth-order valence-corrected chi connectivity index (χ4v) is 0.900. The number of nitrogens with one attached hydrogen (secondary N) is 2. The van der Waals surface area contributed by atoms with Crippen LogP contribution in [0.2, 0.25) is 0 Å². The molecule has 17 heavy (non-hydrogen) atoms. The van der Waals surface area contributed by atoms with Crippen molar-refractivity contribution in [3.63, 3.8) is 0 Å². The number of rotatable bonds is 5. The maximum absolute atomic E-state index is 11.0. The molecule has 5 nitrogen and oxygen atoms in total. The quantitative estimate of drug-likeness (QED) is 0.746. The Morgan fingerprint density at radius 1 is 1.47 bits per heavy atom. The highest BCUT2D eigenvalue weighted by Crippen LogP contribution is 1.93. The van der Waals surface area contributed by atoms with Gasteiger partial charge in [0.25, 0.3) is 0 Å². The monoisotopic (exact) mass is 237 g/mol. The number of carbonyl (C=O) groups excluding carboxylic acids is 2. The Balaban J connectivity index is 0.000000770. The zero-order valence-electron chi connectivity index (χ0n) is 10.3. The first-order chi connectivity index (χ1) is 8.24. The SMILES string of the molecule is CCC.O=CNCC(=O)NCc1cccnc1. The molecular formula is C12H19N3O2. The highest BCUT2D eigenvalue weighted by atomic mass is 16.2. The van der Waals surface area contributed by atoms with E-state index in [1.54, 1.807) is 18.5 Å². The minimum atomic E-state index is -0.221. The Kier molecular flexibility index (Phi) is 9.41. The zero-order valence-corrected chi connectivity index (χ0v) is 10.3. The van der Waals surface area contributed by atoms with Gasteiger partial charge in [-0.15, -0.1) is 0 Å². The second-order valence-corrected chi connectivity index (χ2v) is 3.34. The van der Waals surface area contributed by atoms with Crippen LogP contribution in [0.15, 0.2) is 24.5 Å². The maximum Gasteiger partial charge on any atom is 0.239 e. The lowest BCUT2D eigenvalue weighted by molar-refractivity contribution is -0.122. The molecule has 0 aliphatic rings. The van der Waals surface area contributed by atoms with Crippen molar-refractivity contribution in [2.24, 2.45) is 0 Å². The summed E-state index contributed by atoms with van der Waals surface area (Å²) in [6.45, 7) is 4.68. The van der Waals surface area contributed by atoms with Crippen molar-refractivity contribution in [2.45, 2.75) is 26.8 Å². The fraction of sp³-hybridized carbons (Fsp3) is 0.417. The van der Waals surface area contributed by atoms with Crippen molar-refractivity contribution < 1.29 is 9.59 Å². The average Bonchev–Trinajstić information content (AvgIpc) is 2.36. The second-order valence-electron chi connectivity index (χ2n) is 3.34. The molecule has 0 saturated heterocycles. The van der Waals surface area contributed by atoms with Crippen molar-refractivity contribution in [1.29, 1.82) is 0 Å². The molecule has 0 bridgehead atoms. The Hall–Kier alpha value is -1.91. The van der Waals surface area contributed by atoms with E-state index in [4.69, 9.17) is 0 Å². The van der Waals surface area contributed by atoms with Crippen LogP contribution in [0.25, 0.3) is 0 Å². The van der Waals surface area contributed by atoms with Crippen LogP contribution < -0.4 is 10.6 Å². The van der Waals surface area contributed by atoms with Crippen molar-refractivity contribution in [3.05, 3.63) is 30.1 Å². The van der Waals surface area contributed by atoms with Gasteiger partial charge in [-0.25, -0.2) is 0 Å². The lowest BCUT2D eigenvalue weighted by Gasteiger charge is -2.03. The Morgan fingerprint density at radius 3 is 2.71 bits per heavy atom. The molecule has 0 fully saturated rings. The molecule has 1 aromatic rings. The van der Waals surface area contributed by atoms with Crippen molar-refractivity contribution in [1.82, 2.24) is 15.6 Å². The van der Waals surface area contributed by atoms with Gasteiger partial charge in [-0.1, -0.05) is 26.3 Å². The van der Waals surface area contributed by atoms with E-state index >= 15 is 0 Å². The van der Waals surface area contributed by atoms with Crippen LogP contribution in [0.3, 0.4) is 0 Å². The summed E-state index contributed by atoms with van der Waals surface area (Å²) in [5.41, 5.74) is 0.923. The molecule has 1 heterocycles. The van der Waals surface area contributed by atoms with Gasteiger partial charge >= 0.3 is 0 Å². The Morgan fingerprint density at radius 2 is 2.18 bits per heavy atom. The molecule has 0 saturated carbocycles. The largest absolute Gasteiger partial charge is 0.350 e. The molecule has 0 radical (unpaired) electrons. The highest BCUT2D eigenvalue weighted by Gasteiger charge is 1.98. The summed E-state index contributed by atoms with van der Waals surface area (Å²) in [6, 6.07) is 3.66. The highest BCUT2D eigenvalue weighted by molar-refractivity contribution is 5.79. The topological polar surface area (TPSA) is 71.1 Å². The van der Waals surface area contributed by atoms with E-state index in [1.165, 1.54) is 6.42 Å². The van der Waals surface area contributed by atoms with E-state index in [2.05, 4.69) is 29.5 Å². The van der Waals surface area contributed by atoms with E-state index in [9.17, 15) is 9.59 Å². The number of hydrogen-bond donors (Lipinski definition) is 2. The maximum atomic E-state index is 11.0. The molecule has 0 atom stereocenters. The number of amides is 2. The van der Waals surface area contributed by atoms with Crippen molar-refractivity contribution in [3.8, 4) is 0 Å². The predicted octanol–water partition coefficient (Wildman–Crippen LogP) is 0.860. The molecule has 0 aliphatic carbocycles. The van der Waals surface area contributed by atoms with Crippen LogP contribution in [0.5, 0.6) is 0 Å². The third-order valence-corrected chi connectivity index (χ3v) is 1.56. The lowest BCUT2D eigenvalue weighted by atomic mass is 10.3. The van der Waals surface area contributed by atoms with Gasteiger partial charge in [-0.05, 0) is 11.6 Å². The van der Waals surface area contributed by atoms with E-state index in [0.717, 1.165) is 5.56 Å². The van der Waals surface area contributed by atoms with Crippen LogP contribution in [-0.2, 0) is 16.1 Å². The number of nitrogens with zero attached hydrogens (tertiary/aromatic N) is 1.